The van der Waals surface area contributed by atoms with Gasteiger partial charge in [-0.05, 0) is 26.3 Å². The van der Waals surface area contributed by atoms with Gasteiger partial charge in [0, 0.05) is 19.8 Å². The highest BCUT2D eigenvalue weighted by Crippen LogP contribution is 2.21. The molecule has 1 aromatic heterocycles. The molecule has 1 atom stereocenters. The van der Waals surface area contributed by atoms with Crippen LogP contribution in [0, 0.1) is 6.92 Å². The fourth-order valence-corrected chi connectivity index (χ4v) is 1.66. The summed E-state index contributed by atoms with van der Waals surface area (Å²) in [6, 6.07) is 1.82. The van der Waals surface area contributed by atoms with Crippen LogP contribution in [-0.4, -0.2) is 43.9 Å². The Morgan fingerprint density at radius 2 is 2.10 bits per heavy atom. The highest BCUT2D eigenvalue weighted by atomic mass is 16.5. The van der Waals surface area contributed by atoms with E-state index in [0.717, 1.165) is 5.56 Å². The van der Waals surface area contributed by atoms with Gasteiger partial charge >= 0.3 is 0 Å². The molecule has 1 heterocycles. The second-order valence-corrected chi connectivity index (χ2v) is 4.93. The predicted molar refractivity (Wildman–Crippen MR) is 80.7 cm³/mol. The van der Waals surface area contributed by atoms with Gasteiger partial charge < -0.3 is 19.5 Å². The summed E-state index contributed by atoms with van der Waals surface area (Å²) >= 11 is 0. The minimum atomic E-state index is -0.846. The van der Waals surface area contributed by atoms with Crippen molar-refractivity contribution < 1.29 is 19.0 Å². The van der Waals surface area contributed by atoms with Crippen LogP contribution >= 0.6 is 0 Å². The van der Waals surface area contributed by atoms with Crippen molar-refractivity contribution >= 4 is 11.6 Å². The van der Waals surface area contributed by atoms with Gasteiger partial charge in [-0.3, -0.25) is 4.79 Å². The summed E-state index contributed by atoms with van der Waals surface area (Å²) in [6.45, 7) is 6.47. The van der Waals surface area contributed by atoms with E-state index < -0.39 is 5.60 Å². The molecule has 1 amide bonds. The van der Waals surface area contributed by atoms with Crippen molar-refractivity contribution in [3.05, 3.63) is 17.8 Å². The average molecular weight is 296 g/mol. The number of anilines is 1. The number of methoxy groups -OCH3 is 2. The lowest BCUT2D eigenvalue weighted by atomic mass is 10.0. The number of rotatable bonds is 8. The molecule has 1 aromatic rings. The zero-order valence-corrected chi connectivity index (χ0v) is 13.4. The van der Waals surface area contributed by atoms with Gasteiger partial charge in [-0.15, -0.1) is 0 Å². The molecule has 0 radical (unpaired) electrons. The molecule has 0 saturated heterocycles. The number of nitrogens with one attached hydrogen (secondary N) is 1. The first kappa shape index (κ1) is 17.4. The third-order valence-electron chi connectivity index (χ3n) is 3.42. The van der Waals surface area contributed by atoms with Crippen LogP contribution in [0.25, 0.3) is 0 Å². The van der Waals surface area contributed by atoms with Gasteiger partial charge in [-0.2, -0.15) is 0 Å². The lowest BCUT2D eigenvalue weighted by molar-refractivity contribution is -0.136. The monoisotopic (exact) mass is 296 g/mol. The number of carbonyl (C=O) groups excluding carboxylic acids is 1. The molecule has 6 heteroatoms. The van der Waals surface area contributed by atoms with E-state index in [4.69, 9.17) is 14.2 Å². The molecule has 0 aliphatic carbocycles. The zero-order valence-electron chi connectivity index (χ0n) is 13.4. The quantitative estimate of drug-likeness (QED) is 0.745. The Balaban J connectivity index is 2.73. The number of aromatic nitrogens is 1. The third-order valence-corrected chi connectivity index (χ3v) is 3.42. The largest absolute Gasteiger partial charge is 0.475 e. The maximum Gasteiger partial charge on any atom is 0.256 e. The van der Waals surface area contributed by atoms with E-state index in [1.54, 1.807) is 20.2 Å². The number of aryl methyl sites for hydroxylation is 1. The molecule has 0 aliphatic rings. The van der Waals surface area contributed by atoms with Crippen LogP contribution in [0.3, 0.4) is 0 Å². The van der Waals surface area contributed by atoms with E-state index in [1.807, 2.05) is 19.9 Å². The molecule has 0 aromatic carbocycles. The molecule has 0 spiro atoms. The van der Waals surface area contributed by atoms with Crippen molar-refractivity contribution in [3.8, 4) is 5.88 Å². The number of ether oxygens (including phenoxy) is 3. The number of carbonyl (C=O) groups is 1. The van der Waals surface area contributed by atoms with Crippen molar-refractivity contribution in [1.29, 1.82) is 0 Å². The Morgan fingerprint density at radius 1 is 1.38 bits per heavy atom. The Kier molecular flexibility index (Phi) is 6.58. The maximum atomic E-state index is 12.2. The van der Waals surface area contributed by atoms with Gasteiger partial charge in [0.2, 0.25) is 5.88 Å². The molecule has 1 N–H and O–H groups in total. The smallest absolute Gasteiger partial charge is 0.256 e. The van der Waals surface area contributed by atoms with Gasteiger partial charge in [0.25, 0.3) is 5.91 Å². The topological polar surface area (TPSA) is 69.7 Å². The molecule has 118 valence electrons. The first-order valence-electron chi connectivity index (χ1n) is 6.91. The summed E-state index contributed by atoms with van der Waals surface area (Å²) in [6.07, 6.45) is 2.15. The number of pyridine rings is 1. The molecular formula is C15H24N2O4. The zero-order chi connectivity index (χ0) is 15.9. The fraction of sp³-hybridized carbons (Fsp3) is 0.600. The molecule has 0 unspecified atom stereocenters. The van der Waals surface area contributed by atoms with Crippen molar-refractivity contribution in [2.45, 2.75) is 32.8 Å². The normalized spacial score (nSPS) is 13.6. The minimum absolute atomic E-state index is 0.193. The van der Waals surface area contributed by atoms with Crippen LogP contribution in [0.1, 0.15) is 25.8 Å². The number of nitrogens with zero attached hydrogens (tertiary/aromatic N) is 1. The first-order chi connectivity index (χ1) is 9.96. The fourth-order valence-electron chi connectivity index (χ4n) is 1.66. The van der Waals surface area contributed by atoms with Gasteiger partial charge in [-0.1, -0.05) is 6.92 Å². The van der Waals surface area contributed by atoms with Gasteiger partial charge in [0.1, 0.15) is 12.2 Å². The standard InChI is InChI=1S/C15H24N2O4/c1-6-15(3,20-5)14(18)17-12-9-11(2)13(16-10-12)21-8-7-19-4/h9-10H,6-8H2,1-5H3,(H,17,18)/t15-/m0/s1. The highest BCUT2D eigenvalue weighted by molar-refractivity contribution is 5.96. The highest BCUT2D eigenvalue weighted by Gasteiger charge is 2.31. The lowest BCUT2D eigenvalue weighted by Gasteiger charge is -2.25. The maximum absolute atomic E-state index is 12.2. The molecule has 21 heavy (non-hydrogen) atoms. The Hall–Kier alpha value is -1.66. The molecule has 0 fully saturated rings. The average Bonchev–Trinajstić information content (AvgIpc) is 2.48. The Morgan fingerprint density at radius 3 is 2.62 bits per heavy atom. The molecule has 6 nitrogen and oxygen atoms in total. The minimum Gasteiger partial charge on any atom is -0.475 e. The predicted octanol–water partition coefficient (Wildman–Crippen LogP) is 2.17. The SMILES string of the molecule is CC[C@](C)(OC)C(=O)Nc1cnc(OCCOC)c(C)c1. The van der Waals surface area contributed by atoms with Crippen LogP contribution in [0.4, 0.5) is 5.69 Å². The lowest BCUT2D eigenvalue weighted by Crippen LogP contribution is -2.41. The van der Waals surface area contributed by atoms with Crippen LogP contribution in [0.2, 0.25) is 0 Å². The van der Waals surface area contributed by atoms with E-state index in [1.165, 1.54) is 7.11 Å². The summed E-state index contributed by atoms with van der Waals surface area (Å²) in [5.41, 5.74) is 0.620. The second kappa shape index (κ2) is 7.95. The first-order valence-corrected chi connectivity index (χ1v) is 6.91. The summed E-state index contributed by atoms with van der Waals surface area (Å²) in [5.74, 6) is 0.344. The van der Waals surface area contributed by atoms with E-state index in [9.17, 15) is 4.79 Å². The van der Waals surface area contributed by atoms with Crippen molar-refractivity contribution in [2.24, 2.45) is 0 Å². The van der Waals surface area contributed by atoms with E-state index >= 15 is 0 Å². The van der Waals surface area contributed by atoms with Crippen LogP contribution in [-0.2, 0) is 14.3 Å². The van der Waals surface area contributed by atoms with Crippen molar-refractivity contribution in [2.75, 3.05) is 32.8 Å². The Labute approximate surface area is 125 Å². The van der Waals surface area contributed by atoms with Gasteiger partial charge in [-0.25, -0.2) is 4.98 Å². The number of amides is 1. The number of hydrogen-bond acceptors (Lipinski definition) is 5. The van der Waals surface area contributed by atoms with Crippen LogP contribution in [0.5, 0.6) is 5.88 Å². The molecular weight excluding hydrogens is 272 g/mol. The van der Waals surface area contributed by atoms with Gasteiger partial charge in [0.15, 0.2) is 0 Å². The van der Waals surface area contributed by atoms with Crippen molar-refractivity contribution in [3.63, 3.8) is 0 Å². The van der Waals surface area contributed by atoms with Crippen LogP contribution in [0.15, 0.2) is 12.3 Å². The second-order valence-electron chi connectivity index (χ2n) is 4.93. The summed E-state index contributed by atoms with van der Waals surface area (Å²) in [4.78, 5) is 16.4. The summed E-state index contributed by atoms with van der Waals surface area (Å²) < 4.78 is 15.7. The third kappa shape index (κ3) is 4.68. The molecule has 0 saturated carbocycles. The van der Waals surface area contributed by atoms with E-state index in [2.05, 4.69) is 10.3 Å². The summed E-state index contributed by atoms with van der Waals surface area (Å²) in [7, 11) is 3.14. The molecule has 0 aliphatic heterocycles. The molecule has 1 rings (SSSR count). The van der Waals surface area contributed by atoms with E-state index in [0.29, 0.717) is 31.2 Å². The van der Waals surface area contributed by atoms with Crippen LogP contribution < -0.4 is 10.1 Å². The van der Waals surface area contributed by atoms with Crippen molar-refractivity contribution in [1.82, 2.24) is 4.98 Å². The van der Waals surface area contributed by atoms with Gasteiger partial charge in [0.05, 0.1) is 18.5 Å². The van der Waals surface area contributed by atoms with E-state index in [-0.39, 0.29) is 5.91 Å². The summed E-state index contributed by atoms with van der Waals surface area (Å²) in [5, 5.41) is 2.81. The molecule has 0 bridgehead atoms. The number of hydrogen-bond donors (Lipinski definition) is 1. The Bertz CT molecular complexity index is 473.